The van der Waals surface area contributed by atoms with Crippen molar-refractivity contribution in [3.63, 3.8) is 0 Å². The molecule has 0 saturated heterocycles. The molecule has 1 aromatic rings. The number of aryl methyl sites for hydroxylation is 2. The van der Waals surface area contributed by atoms with Crippen molar-refractivity contribution >= 4 is 0 Å². The summed E-state index contributed by atoms with van der Waals surface area (Å²) in [6.45, 7) is 5.90. The number of nitrogens with two attached hydrogens (primary N) is 1. The van der Waals surface area contributed by atoms with Crippen molar-refractivity contribution in [1.82, 2.24) is 0 Å². The van der Waals surface area contributed by atoms with Crippen molar-refractivity contribution in [2.75, 3.05) is 13.2 Å². The average Bonchev–Trinajstić information content (AvgIpc) is 2.35. The molecule has 0 unspecified atom stereocenters. The Labute approximate surface area is 105 Å². The van der Waals surface area contributed by atoms with Gasteiger partial charge in [0.25, 0.3) is 0 Å². The fourth-order valence-corrected chi connectivity index (χ4v) is 1.91. The molecule has 0 amide bonds. The summed E-state index contributed by atoms with van der Waals surface area (Å²) in [4.78, 5) is 0. The quantitative estimate of drug-likeness (QED) is 0.750. The molecule has 2 heteroatoms. The SMILES string of the molecule is CCCOc1ccc(CCCN)cc1CCC. The summed E-state index contributed by atoms with van der Waals surface area (Å²) in [6, 6.07) is 6.57. The predicted octanol–water partition coefficient (Wildman–Crippen LogP) is 3.32. The molecule has 2 N–H and O–H groups in total. The van der Waals surface area contributed by atoms with Crippen LogP contribution in [-0.2, 0) is 12.8 Å². The van der Waals surface area contributed by atoms with Gasteiger partial charge in [-0.2, -0.15) is 0 Å². The zero-order valence-corrected chi connectivity index (χ0v) is 11.2. The van der Waals surface area contributed by atoms with Gasteiger partial charge in [-0.15, -0.1) is 0 Å². The van der Waals surface area contributed by atoms with Crippen LogP contribution in [0, 0.1) is 0 Å². The van der Waals surface area contributed by atoms with Crippen LogP contribution in [0.25, 0.3) is 0 Å². The van der Waals surface area contributed by atoms with Crippen LogP contribution in [0.2, 0.25) is 0 Å². The number of hydrogen-bond donors (Lipinski definition) is 1. The molecule has 0 atom stereocenters. The van der Waals surface area contributed by atoms with Crippen LogP contribution in [0.4, 0.5) is 0 Å². The molecule has 0 bridgehead atoms. The van der Waals surface area contributed by atoms with Crippen molar-refractivity contribution in [3.8, 4) is 5.75 Å². The summed E-state index contributed by atoms with van der Waals surface area (Å²) in [7, 11) is 0. The van der Waals surface area contributed by atoms with E-state index in [1.165, 1.54) is 11.1 Å². The molecule has 0 heterocycles. The van der Waals surface area contributed by atoms with E-state index in [4.69, 9.17) is 10.5 Å². The molecule has 0 radical (unpaired) electrons. The second-order valence-corrected chi connectivity index (χ2v) is 4.43. The smallest absolute Gasteiger partial charge is 0.122 e. The van der Waals surface area contributed by atoms with E-state index in [1.54, 1.807) is 0 Å². The first-order chi connectivity index (χ1) is 8.31. The van der Waals surface area contributed by atoms with Crippen molar-refractivity contribution in [2.45, 2.75) is 46.0 Å². The summed E-state index contributed by atoms with van der Waals surface area (Å²) in [5, 5.41) is 0. The topological polar surface area (TPSA) is 35.2 Å². The van der Waals surface area contributed by atoms with E-state index in [2.05, 4.69) is 32.0 Å². The maximum atomic E-state index is 5.77. The highest BCUT2D eigenvalue weighted by Crippen LogP contribution is 2.22. The minimum absolute atomic E-state index is 0.761. The highest BCUT2D eigenvalue weighted by molar-refractivity contribution is 5.37. The third-order valence-corrected chi connectivity index (χ3v) is 2.78. The second kappa shape index (κ2) is 8.13. The summed E-state index contributed by atoms with van der Waals surface area (Å²) in [6.07, 6.45) is 5.43. The molecule has 0 aliphatic rings. The van der Waals surface area contributed by atoms with Gasteiger partial charge in [0, 0.05) is 0 Å². The Balaban J connectivity index is 2.75. The van der Waals surface area contributed by atoms with Crippen molar-refractivity contribution in [3.05, 3.63) is 29.3 Å². The van der Waals surface area contributed by atoms with E-state index in [-0.39, 0.29) is 0 Å². The summed E-state index contributed by atoms with van der Waals surface area (Å²) >= 11 is 0. The molecule has 0 aromatic heterocycles. The van der Waals surface area contributed by atoms with Gasteiger partial charge in [0.15, 0.2) is 0 Å². The highest BCUT2D eigenvalue weighted by Gasteiger charge is 2.04. The zero-order valence-electron chi connectivity index (χ0n) is 11.2. The van der Waals surface area contributed by atoms with Crippen LogP contribution in [0.1, 0.15) is 44.2 Å². The van der Waals surface area contributed by atoms with E-state index >= 15 is 0 Å². The summed E-state index contributed by atoms with van der Waals surface area (Å²) in [5.41, 5.74) is 8.26. The van der Waals surface area contributed by atoms with Crippen LogP contribution in [-0.4, -0.2) is 13.2 Å². The number of benzene rings is 1. The van der Waals surface area contributed by atoms with Crippen molar-refractivity contribution < 1.29 is 4.74 Å². The van der Waals surface area contributed by atoms with Gasteiger partial charge in [-0.3, -0.25) is 0 Å². The second-order valence-electron chi connectivity index (χ2n) is 4.43. The van der Waals surface area contributed by atoms with E-state index in [0.717, 1.165) is 51.0 Å². The minimum atomic E-state index is 0.761. The Morgan fingerprint density at radius 2 is 1.94 bits per heavy atom. The Kier molecular flexibility index (Phi) is 6.71. The average molecular weight is 235 g/mol. The number of ether oxygens (including phenoxy) is 1. The Bertz CT molecular complexity index is 323. The van der Waals surface area contributed by atoms with Gasteiger partial charge in [0.2, 0.25) is 0 Å². The van der Waals surface area contributed by atoms with Crippen LogP contribution < -0.4 is 10.5 Å². The molecule has 1 aromatic carbocycles. The highest BCUT2D eigenvalue weighted by atomic mass is 16.5. The fraction of sp³-hybridized carbons (Fsp3) is 0.600. The molecule has 0 aliphatic carbocycles. The largest absolute Gasteiger partial charge is 0.493 e. The molecule has 17 heavy (non-hydrogen) atoms. The van der Waals surface area contributed by atoms with E-state index < -0.39 is 0 Å². The lowest BCUT2D eigenvalue weighted by atomic mass is 10.0. The van der Waals surface area contributed by atoms with Gasteiger partial charge in [-0.1, -0.05) is 32.4 Å². The van der Waals surface area contributed by atoms with Crippen molar-refractivity contribution in [1.29, 1.82) is 0 Å². The first-order valence-electron chi connectivity index (χ1n) is 6.76. The molecule has 96 valence electrons. The van der Waals surface area contributed by atoms with Gasteiger partial charge in [0.1, 0.15) is 5.75 Å². The van der Waals surface area contributed by atoms with E-state index in [0.29, 0.717) is 0 Å². The molecule has 1 rings (SSSR count). The van der Waals surface area contributed by atoms with Gasteiger partial charge >= 0.3 is 0 Å². The van der Waals surface area contributed by atoms with E-state index in [9.17, 15) is 0 Å². The first-order valence-corrected chi connectivity index (χ1v) is 6.76. The van der Waals surface area contributed by atoms with Gasteiger partial charge in [0.05, 0.1) is 6.61 Å². The summed E-state index contributed by atoms with van der Waals surface area (Å²) in [5.74, 6) is 1.06. The standard InChI is InChI=1S/C15H25NO/c1-3-6-14-12-13(7-5-10-16)8-9-15(14)17-11-4-2/h8-9,12H,3-7,10-11,16H2,1-2H3. The van der Waals surface area contributed by atoms with Gasteiger partial charge in [-0.25, -0.2) is 0 Å². The first kappa shape index (κ1) is 14.0. The van der Waals surface area contributed by atoms with Gasteiger partial charge < -0.3 is 10.5 Å². The minimum Gasteiger partial charge on any atom is -0.493 e. The molecule has 0 saturated carbocycles. The number of hydrogen-bond acceptors (Lipinski definition) is 2. The molecular formula is C15H25NO. The van der Waals surface area contributed by atoms with Crippen molar-refractivity contribution in [2.24, 2.45) is 5.73 Å². The van der Waals surface area contributed by atoms with Crippen LogP contribution in [0.3, 0.4) is 0 Å². The van der Waals surface area contributed by atoms with E-state index in [1.807, 2.05) is 0 Å². The third-order valence-electron chi connectivity index (χ3n) is 2.78. The lowest BCUT2D eigenvalue weighted by molar-refractivity contribution is 0.314. The zero-order chi connectivity index (χ0) is 12.5. The molecule has 0 spiro atoms. The number of rotatable bonds is 8. The maximum absolute atomic E-state index is 5.77. The van der Waals surface area contributed by atoms with Gasteiger partial charge in [-0.05, 0) is 49.4 Å². The van der Waals surface area contributed by atoms with Crippen LogP contribution in [0.15, 0.2) is 18.2 Å². The lowest BCUT2D eigenvalue weighted by Crippen LogP contribution is -2.02. The van der Waals surface area contributed by atoms with Crippen LogP contribution in [0.5, 0.6) is 5.75 Å². The Morgan fingerprint density at radius 1 is 1.12 bits per heavy atom. The van der Waals surface area contributed by atoms with Crippen LogP contribution >= 0.6 is 0 Å². The lowest BCUT2D eigenvalue weighted by Gasteiger charge is -2.12. The molecular weight excluding hydrogens is 210 g/mol. The fourth-order valence-electron chi connectivity index (χ4n) is 1.91. The molecule has 0 fully saturated rings. The summed E-state index contributed by atoms with van der Waals surface area (Å²) < 4.78 is 5.77. The Morgan fingerprint density at radius 3 is 2.59 bits per heavy atom. The maximum Gasteiger partial charge on any atom is 0.122 e. The predicted molar refractivity (Wildman–Crippen MR) is 73.6 cm³/mol. The normalized spacial score (nSPS) is 10.5. The Hall–Kier alpha value is -1.02. The molecule has 2 nitrogen and oxygen atoms in total. The molecule has 0 aliphatic heterocycles. The monoisotopic (exact) mass is 235 g/mol. The third kappa shape index (κ3) is 4.78.